The first-order valence-corrected chi connectivity index (χ1v) is 0.577. The van der Waals surface area contributed by atoms with Crippen LogP contribution in [0.1, 0.15) is 0 Å². The van der Waals surface area contributed by atoms with Gasteiger partial charge in [-0.3, -0.25) is 0 Å². The van der Waals surface area contributed by atoms with Crippen molar-refractivity contribution < 1.29 is 48.0 Å². The van der Waals surface area contributed by atoms with E-state index < -0.39 is 0 Å². The summed E-state index contributed by atoms with van der Waals surface area (Å²) in [7, 11) is 1.50. The summed E-state index contributed by atoms with van der Waals surface area (Å²) in [6.07, 6.45) is 0. The molecule has 2 N–H and O–H groups in total. The van der Waals surface area contributed by atoms with Gasteiger partial charge in [0.05, 0.1) is 0 Å². The van der Waals surface area contributed by atoms with E-state index in [1.165, 1.54) is 7.05 Å². The Kier molecular flexibility index (Phi) is 214. The fourth-order valence-corrected chi connectivity index (χ4v) is 0. The second-order valence-corrected chi connectivity index (χ2v) is 0. The Hall–Kier alpha value is 3.60. The third-order valence-corrected chi connectivity index (χ3v) is 0. The van der Waals surface area contributed by atoms with Gasteiger partial charge in [0.15, 0.2) is 0 Å². The van der Waals surface area contributed by atoms with Crippen molar-refractivity contribution in [2.75, 3.05) is 7.05 Å². The Morgan fingerprint density at radius 1 is 1.00 bits per heavy atom. The molecular formula is CH7CaI2NPb. The fraction of sp³-hybridized carbons (Fsp3) is 1.00. The van der Waals surface area contributed by atoms with Crippen molar-refractivity contribution in [2.24, 2.45) is 5.73 Å². The van der Waals surface area contributed by atoms with Crippen LogP contribution in [0.25, 0.3) is 0 Å². The SMILES string of the molecule is CN.[Ca+2].[I-].[I-].[PbH2]. The molecule has 0 aliphatic heterocycles. The maximum absolute atomic E-state index is 4.50. The molecule has 0 aromatic heterocycles. The molecule has 0 bridgehead atoms. The number of hydrogen-bond acceptors (Lipinski definition) is 1. The number of hydrogen-bond donors (Lipinski definition) is 1. The fourth-order valence-electron chi connectivity index (χ4n) is 0. The summed E-state index contributed by atoms with van der Waals surface area (Å²) >= 11 is 0. The molecule has 6 heavy (non-hydrogen) atoms. The molecule has 1 nitrogen and oxygen atoms in total. The molecule has 0 fully saturated rings. The van der Waals surface area contributed by atoms with Crippen LogP contribution in [-0.4, -0.2) is 72.1 Å². The molecule has 0 aliphatic rings. The first kappa shape index (κ1) is 33.5. The number of rotatable bonds is 0. The Morgan fingerprint density at radius 3 is 1.00 bits per heavy atom. The number of halogens is 2. The maximum atomic E-state index is 4.50. The third-order valence-electron chi connectivity index (χ3n) is 0. The average Bonchev–Trinajstić information content (AvgIpc) is 1.00. The summed E-state index contributed by atoms with van der Waals surface area (Å²) in [5.41, 5.74) is 4.50. The molecule has 5 heteroatoms. The predicted molar refractivity (Wildman–Crippen MR) is 24.4 cm³/mol. The van der Waals surface area contributed by atoms with E-state index in [0.717, 1.165) is 0 Å². The normalized spacial score (nSPS) is 1.00. The topological polar surface area (TPSA) is 26.0 Å². The van der Waals surface area contributed by atoms with E-state index in [1.807, 2.05) is 0 Å². The van der Waals surface area contributed by atoms with Gasteiger partial charge in [-0.1, -0.05) is 0 Å². The second-order valence-electron chi connectivity index (χ2n) is 0. The first-order valence-electron chi connectivity index (χ1n) is 0.577. The van der Waals surface area contributed by atoms with Crippen molar-refractivity contribution in [1.29, 1.82) is 0 Å². The van der Waals surface area contributed by atoms with Crippen LogP contribution in [0.5, 0.6) is 0 Å². The van der Waals surface area contributed by atoms with Gasteiger partial charge in [0.2, 0.25) is 0 Å². The molecule has 0 spiro atoms. The van der Waals surface area contributed by atoms with Gasteiger partial charge in [0, 0.05) is 0 Å². The summed E-state index contributed by atoms with van der Waals surface area (Å²) in [4.78, 5) is 0. The molecule has 2 radical (unpaired) electrons. The van der Waals surface area contributed by atoms with Gasteiger partial charge in [0.25, 0.3) is 0 Å². The molecule has 0 rings (SSSR count). The van der Waals surface area contributed by atoms with Crippen LogP contribution in [-0.2, 0) is 0 Å². The zero-order chi connectivity index (χ0) is 2.00. The molecular weight excluding hydrogens is 527 g/mol. The van der Waals surface area contributed by atoms with Gasteiger partial charge in [-0.2, -0.15) is 0 Å². The van der Waals surface area contributed by atoms with Crippen LogP contribution in [0.15, 0.2) is 0 Å². The van der Waals surface area contributed by atoms with E-state index in [2.05, 4.69) is 5.73 Å². The Balaban J connectivity index is -0.000000000833. The van der Waals surface area contributed by atoms with Crippen LogP contribution in [0, 0.1) is 0 Å². The third kappa shape index (κ3) is 25.5. The van der Waals surface area contributed by atoms with Crippen LogP contribution in [0.3, 0.4) is 0 Å². The Morgan fingerprint density at radius 2 is 1.00 bits per heavy atom. The minimum absolute atomic E-state index is 0. The quantitative estimate of drug-likeness (QED) is 0.243. The molecule has 0 aromatic carbocycles. The van der Waals surface area contributed by atoms with Crippen LogP contribution < -0.4 is 53.7 Å². The predicted octanol–water partition coefficient (Wildman–Crippen LogP) is -7.71. The molecule has 36 valence electrons. The van der Waals surface area contributed by atoms with E-state index in [1.54, 1.807) is 0 Å². The van der Waals surface area contributed by atoms with Gasteiger partial charge in [-0.25, -0.2) is 0 Å². The molecule has 0 atom stereocenters. The van der Waals surface area contributed by atoms with Crippen molar-refractivity contribution in [3.05, 3.63) is 0 Å². The molecule has 0 saturated carbocycles. The standard InChI is InChI=1S/CH5N.Ca.2HI.Pb.2H/c1-2;;;;;;/h2H2,1H3;;2*1H;;;/q;+2;;;;;/p-2. The molecule has 0 aliphatic carbocycles. The van der Waals surface area contributed by atoms with E-state index in [9.17, 15) is 0 Å². The van der Waals surface area contributed by atoms with Crippen molar-refractivity contribution in [3.8, 4) is 0 Å². The van der Waals surface area contributed by atoms with Crippen LogP contribution >= 0.6 is 0 Å². The van der Waals surface area contributed by atoms with Crippen molar-refractivity contribution in [3.63, 3.8) is 0 Å². The molecule has 0 saturated heterocycles. The summed E-state index contributed by atoms with van der Waals surface area (Å²) in [5.74, 6) is 0. The zero-order valence-electron chi connectivity index (χ0n) is 3.75. The molecule has 0 aromatic rings. The molecule has 0 amide bonds. The summed E-state index contributed by atoms with van der Waals surface area (Å²) in [6, 6.07) is 0. The molecule has 0 heterocycles. The Bertz CT molecular complexity index is 13.5. The zero-order valence-corrected chi connectivity index (χ0v) is 15.8. The van der Waals surface area contributed by atoms with E-state index in [-0.39, 0.29) is 113 Å². The van der Waals surface area contributed by atoms with Gasteiger partial charge in [0.1, 0.15) is 0 Å². The van der Waals surface area contributed by atoms with E-state index in [4.69, 9.17) is 0 Å². The summed E-state index contributed by atoms with van der Waals surface area (Å²) in [5, 5.41) is 0. The number of nitrogens with two attached hydrogens (primary N) is 1. The summed E-state index contributed by atoms with van der Waals surface area (Å²) in [6.45, 7) is 0. The van der Waals surface area contributed by atoms with Crippen molar-refractivity contribution in [1.82, 2.24) is 0 Å². The van der Waals surface area contributed by atoms with Gasteiger partial charge < -0.3 is 53.7 Å². The van der Waals surface area contributed by atoms with Gasteiger partial charge in [-0.15, -0.1) is 0 Å². The van der Waals surface area contributed by atoms with E-state index >= 15 is 0 Å². The van der Waals surface area contributed by atoms with Crippen LogP contribution in [0.4, 0.5) is 0 Å². The first-order chi connectivity index (χ1) is 1.00. The van der Waals surface area contributed by atoms with E-state index in [0.29, 0.717) is 0 Å². The molecule has 0 unspecified atom stereocenters. The van der Waals surface area contributed by atoms with Crippen molar-refractivity contribution in [2.45, 2.75) is 0 Å². The second kappa shape index (κ2) is 38.3. The monoisotopic (exact) mass is 535 g/mol. The Labute approximate surface area is 123 Å². The summed E-state index contributed by atoms with van der Waals surface area (Å²) < 4.78 is 0. The minimum atomic E-state index is 0. The van der Waals surface area contributed by atoms with Crippen LogP contribution in [0.2, 0.25) is 0 Å². The van der Waals surface area contributed by atoms with Crippen molar-refractivity contribution >= 4 is 65.0 Å². The van der Waals surface area contributed by atoms with Gasteiger partial charge >= 0.3 is 65.0 Å². The average molecular weight is 534 g/mol. The van der Waals surface area contributed by atoms with Gasteiger partial charge in [-0.05, 0) is 7.05 Å².